The van der Waals surface area contributed by atoms with Gasteiger partial charge < -0.3 is 0 Å². The second kappa shape index (κ2) is 5.11. The van der Waals surface area contributed by atoms with Crippen LogP contribution in [-0.4, -0.2) is 0 Å². The van der Waals surface area contributed by atoms with Crippen molar-refractivity contribution in [1.82, 2.24) is 0 Å². The molecule has 2 aromatic heterocycles. The van der Waals surface area contributed by atoms with Crippen molar-refractivity contribution in [2.75, 3.05) is 0 Å². The van der Waals surface area contributed by atoms with Gasteiger partial charge in [0.15, 0.2) is 0 Å². The molecular weight excluding hydrogens is 236 g/mol. The van der Waals surface area contributed by atoms with E-state index < -0.39 is 21.9 Å². The molecule has 2 rings (SSSR count). The summed E-state index contributed by atoms with van der Waals surface area (Å²) in [6.07, 6.45) is 0. The third-order valence-corrected chi connectivity index (χ3v) is 2.49. The molecule has 0 N–H and O–H groups in total. The quantitative estimate of drug-likeness (QED) is 0.609. The van der Waals surface area contributed by atoms with Crippen molar-refractivity contribution in [3.05, 3.63) is 44.8 Å². The molecule has 0 fully saturated rings. The van der Waals surface area contributed by atoms with Crippen LogP contribution in [-0.2, 0) is 0 Å². The molecule has 0 nitrogen and oxygen atoms in total. The molecule has 0 aliphatic carbocycles. The van der Waals surface area contributed by atoms with Crippen molar-refractivity contribution in [2.45, 2.75) is 0 Å². The fourth-order valence-electron chi connectivity index (χ4n) is 0.568. The molecule has 2 aromatic rings. The van der Waals surface area contributed by atoms with Gasteiger partial charge in [-0.2, -0.15) is 28.9 Å². The highest BCUT2D eigenvalue weighted by Gasteiger charge is 2.17. The molecular formula is C8H4F4S2. The average Bonchev–Trinajstić information content (AvgIpc) is 2.78. The molecule has 0 aliphatic rings. The van der Waals surface area contributed by atoms with Gasteiger partial charge in [-0.25, -0.2) is 0 Å². The van der Waals surface area contributed by atoms with Gasteiger partial charge in [0, 0.05) is 0 Å². The van der Waals surface area contributed by atoms with Gasteiger partial charge in [-0.1, -0.05) is 23.5 Å². The molecule has 0 aromatic carbocycles. The zero-order valence-corrected chi connectivity index (χ0v) is 8.27. The van der Waals surface area contributed by atoms with E-state index >= 15 is 0 Å². The molecule has 0 radical (unpaired) electrons. The van der Waals surface area contributed by atoms with Crippen molar-refractivity contribution in [3.8, 4) is 0 Å². The summed E-state index contributed by atoms with van der Waals surface area (Å²) in [5, 5.41) is 1.18. The molecule has 0 saturated heterocycles. The number of hydrogen-bond acceptors (Lipinski definition) is 2. The summed E-state index contributed by atoms with van der Waals surface area (Å²) in [5.74, 6) is -3.48. The predicted molar refractivity (Wildman–Crippen MR) is 48.5 cm³/mol. The van der Waals surface area contributed by atoms with Gasteiger partial charge in [0.2, 0.25) is 21.9 Å². The molecule has 0 atom stereocenters. The van der Waals surface area contributed by atoms with Crippen molar-refractivity contribution in [2.24, 2.45) is 0 Å². The summed E-state index contributed by atoms with van der Waals surface area (Å²) in [5.41, 5.74) is 0. The van der Waals surface area contributed by atoms with E-state index in [1.807, 2.05) is 22.9 Å². The standard InChI is InChI=1S/C4F4S.C4H4S/c5-1-2(6)4(8)9-3(1)7;1-2-4-5-3-1/h;1-4H. The van der Waals surface area contributed by atoms with Crippen LogP contribution in [0.25, 0.3) is 0 Å². The van der Waals surface area contributed by atoms with Crippen molar-refractivity contribution >= 4 is 22.7 Å². The van der Waals surface area contributed by atoms with Gasteiger partial charge in [0.05, 0.1) is 0 Å². The Morgan fingerprint density at radius 2 is 1.21 bits per heavy atom. The maximum Gasteiger partial charge on any atom is 0.218 e. The Morgan fingerprint density at radius 1 is 0.786 bits per heavy atom. The number of halogens is 4. The second-order valence-corrected chi connectivity index (χ2v) is 3.81. The van der Waals surface area contributed by atoms with Crippen LogP contribution in [0.3, 0.4) is 0 Å². The number of hydrogen-bond donors (Lipinski definition) is 0. The van der Waals surface area contributed by atoms with Gasteiger partial charge in [0.1, 0.15) is 0 Å². The molecule has 2 heterocycles. The minimum absolute atomic E-state index is 0.188. The smallest absolute Gasteiger partial charge is 0.199 e. The maximum absolute atomic E-state index is 11.8. The molecule has 14 heavy (non-hydrogen) atoms. The van der Waals surface area contributed by atoms with E-state index in [1.54, 1.807) is 11.3 Å². The molecule has 0 bridgehead atoms. The summed E-state index contributed by atoms with van der Waals surface area (Å²) in [6.45, 7) is 0. The van der Waals surface area contributed by atoms with Gasteiger partial charge in [0.25, 0.3) is 0 Å². The topological polar surface area (TPSA) is 0 Å². The summed E-state index contributed by atoms with van der Waals surface area (Å²) >= 11 is 1.53. The van der Waals surface area contributed by atoms with Crippen LogP contribution in [0, 0.1) is 21.9 Å². The fraction of sp³-hybridized carbons (Fsp3) is 0. The largest absolute Gasteiger partial charge is 0.218 e. The van der Waals surface area contributed by atoms with Crippen LogP contribution in [0.15, 0.2) is 22.9 Å². The van der Waals surface area contributed by atoms with Gasteiger partial charge in [-0.05, 0) is 10.8 Å². The van der Waals surface area contributed by atoms with Crippen LogP contribution >= 0.6 is 22.7 Å². The summed E-state index contributed by atoms with van der Waals surface area (Å²) in [6, 6.07) is 4.04. The lowest BCUT2D eigenvalue weighted by molar-refractivity contribution is 0.440. The molecule has 76 valence electrons. The van der Waals surface area contributed by atoms with E-state index in [0.717, 1.165) is 0 Å². The molecule has 0 aliphatic heterocycles. The maximum atomic E-state index is 11.8. The minimum atomic E-state index is -1.74. The first-order valence-corrected chi connectivity index (χ1v) is 5.14. The van der Waals surface area contributed by atoms with Gasteiger partial charge in [-0.15, -0.1) is 0 Å². The first kappa shape index (κ1) is 11.2. The highest BCUT2D eigenvalue weighted by Crippen LogP contribution is 2.21. The van der Waals surface area contributed by atoms with Crippen molar-refractivity contribution in [3.63, 3.8) is 0 Å². The van der Waals surface area contributed by atoms with E-state index in [0.29, 0.717) is 0 Å². The van der Waals surface area contributed by atoms with Crippen LogP contribution in [0.5, 0.6) is 0 Å². The first-order chi connectivity index (χ1) is 6.63. The lowest BCUT2D eigenvalue weighted by atomic mass is 10.6. The Balaban J connectivity index is 0.000000165. The van der Waals surface area contributed by atoms with Crippen LogP contribution < -0.4 is 0 Å². The molecule has 0 amide bonds. The summed E-state index contributed by atoms with van der Waals surface area (Å²) in [7, 11) is 0. The third-order valence-electron chi connectivity index (χ3n) is 1.14. The Bertz CT molecular complexity index is 340. The SMILES string of the molecule is Fc1sc(F)c(F)c1F.c1ccsc1. The van der Waals surface area contributed by atoms with E-state index in [9.17, 15) is 17.6 Å². The Kier molecular flexibility index (Phi) is 4.09. The summed E-state index contributed by atoms with van der Waals surface area (Å²) in [4.78, 5) is 0. The minimum Gasteiger partial charge on any atom is -0.199 e. The fourth-order valence-corrected chi connectivity index (χ4v) is 1.54. The van der Waals surface area contributed by atoms with E-state index in [1.165, 1.54) is 0 Å². The molecule has 0 unspecified atom stereocenters. The average molecular weight is 240 g/mol. The third kappa shape index (κ3) is 2.81. The monoisotopic (exact) mass is 240 g/mol. The summed E-state index contributed by atoms with van der Waals surface area (Å²) < 4.78 is 47.1. The number of rotatable bonds is 0. The molecule has 6 heteroatoms. The zero-order valence-electron chi connectivity index (χ0n) is 6.64. The zero-order chi connectivity index (χ0) is 10.6. The van der Waals surface area contributed by atoms with E-state index in [-0.39, 0.29) is 11.3 Å². The van der Waals surface area contributed by atoms with Crippen LogP contribution in [0.1, 0.15) is 0 Å². The normalized spacial score (nSPS) is 9.43. The Labute approximate surface area is 85.4 Å². The number of thiophene rings is 2. The lowest BCUT2D eigenvalue weighted by Gasteiger charge is -1.75. The highest BCUT2D eigenvalue weighted by atomic mass is 32.1. The molecule has 0 saturated carbocycles. The van der Waals surface area contributed by atoms with Gasteiger partial charge >= 0.3 is 0 Å². The van der Waals surface area contributed by atoms with Crippen molar-refractivity contribution < 1.29 is 17.6 Å². The lowest BCUT2D eigenvalue weighted by Crippen LogP contribution is -1.78. The van der Waals surface area contributed by atoms with Crippen LogP contribution in [0.2, 0.25) is 0 Å². The predicted octanol–water partition coefficient (Wildman–Crippen LogP) is 4.05. The van der Waals surface area contributed by atoms with Crippen LogP contribution in [0.4, 0.5) is 17.6 Å². The Hall–Kier alpha value is -0.880. The highest BCUT2D eigenvalue weighted by molar-refractivity contribution is 7.08. The molecule has 0 spiro atoms. The second-order valence-electron chi connectivity index (χ2n) is 2.07. The Morgan fingerprint density at radius 3 is 1.36 bits per heavy atom. The first-order valence-electron chi connectivity index (χ1n) is 3.39. The van der Waals surface area contributed by atoms with Gasteiger partial charge in [-0.3, -0.25) is 0 Å². The van der Waals surface area contributed by atoms with Crippen molar-refractivity contribution in [1.29, 1.82) is 0 Å². The van der Waals surface area contributed by atoms with E-state index in [2.05, 4.69) is 0 Å². The van der Waals surface area contributed by atoms with E-state index in [4.69, 9.17) is 0 Å².